The monoisotopic (exact) mass is 299 g/mol. The lowest BCUT2D eigenvalue weighted by Gasteiger charge is -2.16. The van der Waals surface area contributed by atoms with Crippen molar-refractivity contribution in [1.29, 1.82) is 0 Å². The number of hydrogen-bond acceptors (Lipinski definition) is 3. The van der Waals surface area contributed by atoms with Crippen LogP contribution in [0.4, 0.5) is 0 Å². The predicted molar refractivity (Wildman–Crippen MR) is 90.3 cm³/mol. The highest BCUT2D eigenvalue weighted by Crippen LogP contribution is 2.31. The molecule has 118 valence electrons. The molecule has 1 N–H and O–H groups in total. The summed E-state index contributed by atoms with van der Waals surface area (Å²) in [6, 6.07) is 16.2. The summed E-state index contributed by atoms with van der Waals surface area (Å²) in [5.41, 5.74) is 2.27. The van der Waals surface area contributed by atoms with Gasteiger partial charge < -0.3 is 14.8 Å². The molecule has 0 aliphatic carbocycles. The number of ether oxygens (including phenoxy) is 2. The summed E-state index contributed by atoms with van der Waals surface area (Å²) in [6.07, 6.45) is 0. The smallest absolute Gasteiger partial charge is 0.166 e. The third kappa shape index (κ3) is 4.78. The van der Waals surface area contributed by atoms with Crippen molar-refractivity contribution < 1.29 is 9.47 Å². The molecule has 0 aliphatic heterocycles. The lowest BCUT2D eigenvalue weighted by atomic mass is 10.1. The summed E-state index contributed by atoms with van der Waals surface area (Å²) in [6.45, 7) is 6.70. The Morgan fingerprint density at radius 2 is 1.77 bits per heavy atom. The highest BCUT2D eigenvalue weighted by molar-refractivity contribution is 5.46. The van der Waals surface area contributed by atoms with Gasteiger partial charge in [0.1, 0.15) is 6.61 Å². The molecule has 0 bridgehead atoms. The number of methoxy groups -OCH3 is 1. The third-order valence-corrected chi connectivity index (χ3v) is 3.37. The number of nitrogens with one attached hydrogen (secondary N) is 1. The molecular formula is C19H25NO2. The Bertz CT molecular complexity index is 567. The Kier molecular flexibility index (Phi) is 6.28. The van der Waals surface area contributed by atoms with Crippen molar-refractivity contribution in [3.8, 4) is 11.5 Å². The molecule has 0 saturated carbocycles. The maximum absolute atomic E-state index is 6.04. The van der Waals surface area contributed by atoms with Crippen molar-refractivity contribution in [3.63, 3.8) is 0 Å². The summed E-state index contributed by atoms with van der Waals surface area (Å²) in [7, 11) is 1.68. The van der Waals surface area contributed by atoms with Gasteiger partial charge in [0.05, 0.1) is 7.11 Å². The van der Waals surface area contributed by atoms with Crippen LogP contribution in [0.15, 0.2) is 48.5 Å². The number of hydrogen-bond donors (Lipinski definition) is 1. The third-order valence-electron chi connectivity index (χ3n) is 3.37. The molecule has 0 radical (unpaired) electrons. The minimum absolute atomic E-state index is 0.540. The molecule has 0 spiro atoms. The molecule has 0 aliphatic rings. The van der Waals surface area contributed by atoms with Crippen LogP contribution in [0.2, 0.25) is 0 Å². The predicted octanol–water partition coefficient (Wildman–Crippen LogP) is 4.02. The highest BCUT2D eigenvalue weighted by atomic mass is 16.5. The molecule has 0 heterocycles. The minimum atomic E-state index is 0.540. The fourth-order valence-electron chi connectivity index (χ4n) is 2.25. The SMILES string of the molecule is COc1cccc(CNCC(C)C)c1OCc1ccccc1. The van der Waals surface area contributed by atoms with E-state index in [0.29, 0.717) is 12.5 Å². The fraction of sp³-hybridized carbons (Fsp3) is 0.368. The first kappa shape index (κ1) is 16.4. The van der Waals surface area contributed by atoms with E-state index in [0.717, 1.165) is 35.7 Å². The Balaban J connectivity index is 2.09. The summed E-state index contributed by atoms with van der Waals surface area (Å²) in [4.78, 5) is 0. The quantitative estimate of drug-likeness (QED) is 0.798. The van der Waals surface area contributed by atoms with Crippen LogP contribution in [-0.4, -0.2) is 13.7 Å². The van der Waals surface area contributed by atoms with Gasteiger partial charge in [0, 0.05) is 12.1 Å². The standard InChI is InChI=1S/C19H25NO2/c1-15(2)12-20-13-17-10-7-11-18(21-3)19(17)22-14-16-8-5-4-6-9-16/h4-11,15,20H,12-14H2,1-3H3. The van der Waals surface area contributed by atoms with Gasteiger partial charge in [-0.2, -0.15) is 0 Å². The maximum Gasteiger partial charge on any atom is 0.166 e. The molecule has 0 fully saturated rings. The lowest BCUT2D eigenvalue weighted by Crippen LogP contribution is -2.19. The Morgan fingerprint density at radius 1 is 1.00 bits per heavy atom. The van der Waals surface area contributed by atoms with Gasteiger partial charge in [-0.05, 0) is 24.1 Å². The van der Waals surface area contributed by atoms with E-state index in [9.17, 15) is 0 Å². The van der Waals surface area contributed by atoms with Gasteiger partial charge in [-0.25, -0.2) is 0 Å². The topological polar surface area (TPSA) is 30.5 Å². The lowest BCUT2D eigenvalue weighted by molar-refractivity contribution is 0.280. The zero-order valence-electron chi connectivity index (χ0n) is 13.6. The van der Waals surface area contributed by atoms with Gasteiger partial charge >= 0.3 is 0 Å². The van der Waals surface area contributed by atoms with E-state index in [1.165, 1.54) is 0 Å². The molecule has 2 rings (SSSR count). The number of para-hydroxylation sites is 1. The van der Waals surface area contributed by atoms with Gasteiger partial charge in [0.2, 0.25) is 0 Å². The van der Waals surface area contributed by atoms with Crippen molar-refractivity contribution >= 4 is 0 Å². The average Bonchev–Trinajstić information content (AvgIpc) is 2.54. The number of rotatable bonds is 8. The molecule has 0 amide bonds. The molecule has 22 heavy (non-hydrogen) atoms. The van der Waals surface area contributed by atoms with E-state index in [4.69, 9.17) is 9.47 Å². The molecular weight excluding hydrogens is 274 g/mol. The number of benzene rings is 2. The van der Waals surface area contributed by atoms with Gasteiger partial charge in [-0.3, -0.25) is 0 Å². The van der Waals surface area contributed by atoms with Crippen LogP contribution in [0.25, 0.3) is 0 Å². The summed E-state index contributed by atoms with van der Waals surface area (Å²) >= 11 is 0. The molecule has 2 aromatic carbocycles. The Hall–Kier alpha value is -2.00. The first-order valence-corrected chi connectivity index (χ1v) is 7.74. The van der Waals surface area contributed by atoms with Crippen molar-refractivity contribution in [2.75, 3.05) is 13.7 Å². The zero-order chi connectivity index (χ0) is 15.8. The van der Waals surface area contributed by atoms with E-state index in [2.05, 4.69) is 37.4 Å². The highest BCUT2D eigenvalue weighted by Gasteiger charge is 2.11. The second-order valence-corrected chi connectivity index (χ2v) is 5.75. The van der Waals surface area contributed by atoms with Gasteiger partial charge in [0.15, 0.2) is 11.5 Å². The van der Waals surface area contributed by atoms with Crippen molar-refractivity contribution in [2.24, 2.45) is 5.92 Å². The summed E-state index contributed by atoms with van der Waals surface area (Å²) in [5, 5.41) is 3.46. The van der Waals surface area contributed by atoms with Crippen LogP contribution in [0, 0.1) is 5.92 Å². The Morgan fingerprint density at radius 3 is 2.45 bits per heavy atom. The van der Waals surface area contributed by atoms with Crippen LogP contribution >= 0.6 is 0 Å². The van der Waals surface area contributed by atoms with Crippen LogP contribution in [-0.2, 0) is 13.2 Å². The van der Waals surface area contributed by atoms with Gasteiger partial charge in [0.25, 0.3) is 0 Å². The van der Waals surface area contributed by atoms with E-state index >= 15 is 0 Å². The molecule has 0 atom stereocenters. The second kappa shape index (κ2) is 8.44. The molecule has 3 heteroatoms. The summed E-state index contributed by atoms with van der Waals surface area (Å²) in [5.74, 6) is 2.23. The fourth-order valence-corrected chi connectivity index (χ4v) is 2.25. The van der Waals surface area contributed by atoms with Gasteiger partial charge in [-0.15, -0.1) is 0 Å². The van der Waals surface area contributed by atoms with Crippen LogP contribution in [0.5, 0.6) is 11.5 Å². The first-order valence-electron chi connectivity index (χ1n) is 7.74. The molecule has 0 unspecified atom stereocenters. The average molecular weight is 299 g/mol. The van der Waals surface area contributed by atoms with Gasteiger partial charge in [-0.1, -0.05) is 56.3 Å². The van der Waals surface area contributed by atoms with E-state index in [1.807, 2.05) is 30.3 Å². The second-order valence-electron chi connectivity index (χ2n) is 5.75. The normalized spacial score (nSPS) is 10.7. The van der Waals surface area contributed by atoms with Crippen molar-refractivity contribution in [1.82, 2.24) is 5.32 Å². The maximum atomic E-state index is 6.04. The largest absolute Gasteiger partial charge is 0.493 e. The minimum Gasteiger partial charge on any atom is -0.493 e. The zero-order valence-corrected chi connectivity index (χ0v) is 13.6. The van der Waals surface area contributed by atoms with Crippen molar-refractivity contribution in [2.45, 2.75) is 27.0 Å². The van der Waals surface area contributed by atoms with E-state index in [-0.39, 0.29) is 0 Å². The van der Waals surface area contributed by atoms with E-state index in [1.54, 1.807) is 7.11 Å². The van der Waals surface area contributed by atoms with Crippen LogP contribution in [0.1, 0.15) is 25.0 Å². The molecule has 0 saturated heterocycles. The van der Waals surface area contributed by atoms with Crippen molar-refractivity contribution in [3.05, 3.63) is 59.7 Å². The molecule has 3 nitrogen and oxygen atoms in total. The molecule has 2 aromatic rings. The Labute approximate surface area is 133 Å². The summed E-state index contributed by atoms with van der Waals surface area (Å²) < 4.78 is 11.5. The molecule has 0 aromatic heterocycles. The van der Waals surface area contributed by atoms with Crippen LogP contribution < -0.4 is 14.8 Å². The van der Waals surface area contributed by atoms with Crippen LogP contribution in [0.3, 0.4) is 0 Å². The van der Waals surface area contributed by atoms with E-state index < -0.39 is 0 Å². The first-order chi connectivity index (χ1) is 10.7.